The van der Waals surface area contributed by atoms with Gasteiger partial charge in [0, 0.05) is 31.1 Å². The van der Waals surface area contributed by atoms with Gasteiger partial charge in [-0.25, -0.2) is 4.57 Å². The number of aliphatic hydroxyl groups excluding tert-OH is 4. The molecule has 0 aromatic carbocycles. The molecule has 0 heterocycles. The van der Waals surface area contributed by atoms with Crippen LogP contribution in [0.15, 0.2) is 24.3 Å². The molecule has 5 N–H and O–H groups in total. The number of hydrogen-bond acceptors (Lipinski definition) is 12. The first-order valence-electron chi connectivity index (χ1n) is 20.3. The van der Waals surface area contributed by atoms with E-state index in [1.165, 1.54) is 32.1 Å². The molecule has 7 atom stereocenters. The molecule has 0 bridgehead atoms. The third kappa shape index (κ3) is 25.2. The molecule has 54 heavy (non-hydrogen) atoms. The second kappa shape index (κ2) is 30.2. The van der Waals surface area contributed by atoms with Crippen molar-refractivity contribution < 1.29 is 62.8 Å². The Morgan fingerprint density at radius 1 is 0.852 bits per heavy atom. The van der Waals surface area contributed by atoms with Gasteiger partial charge >= 0.3 is 19.8 Å². The van der Waals surface area contributed by atoms with Crippen LogP contribution >= 0.6 is 7.82 Å². The molecule has 13 nitrogen and oxygen atoms in total. The molecule has 1 fully saturated rings. The molecule has 0 aliphatic heterocycles. The van der Waals surface area contributed by atoms with Crippen LogP contribution in [-0.2, 0) is 37.5 Å². The lowest BCUT2D eigenvalue weighted by atomic mass is 9.90. The molecule has 314 valence electrons. The number of allylic oxidation sites excluding steroid dienone is 2. The molecule has 1 unspecified atom stereocenters. The van der Waals surface area contributed by atoms with Crippen LogP contribution < -0.4 is 0 Å². The van der Waals surface area contributed by atoms with Crippen molar-refractivity contribution in [3.8, 4) is 0 Å². The average molecular weight is 791 g/mol. The fourth-order valence-corrected chi connectivity index (χ4v) is 6.95. The Morgan fingerprint density at radius 3 is 2.15 bits per heavy atom. The smallest absolute Gasteiger partial charge is 0.462 e. The monoisotopic (exact) mass is 790 g/mol. The van der Waals surface area contributed by atoms with Gasteiger partial charge in [-0.05, 0) is 38.0 Å². The van der Waals surface area contributed by atoms with Crippen molar-refractivity contribution in [3.63, 3.8) is 0 Å². The van der Waals surface area contributed by atoms with Crippen LogP contribution in [-0.4, -0.2) is 93.9 Å². The number of ether oxygens (including phenoxy) is 2. The molecule has 0 radical (unpaired) electrons. The van der Waals surface area contributed by atoms with Gasteiger partial charge in [-0.2, -0.15) is 0 Å². The summed E-state index contributed by atoms with van der Waals surface area (Å²) in [5.41, 5.74) is 0. The third-order valence-electron chi connectivity index (χ3n) is 9.41. The average Bonchev–Trinajstić information content (AvgIpc) is 3.40. The van der Waals surface area contributed by atoms with Gasteiger partial charge in [0.15, 0.2) is 6.10 Å². The van der Waals surface area contributed by atoms with Gasteiger partial charge in [0.2, 0.25) is 0 Å². The number of aliphatic hydroxyl groups is 4. The lowest BCUT2D eigenvalue weighted by Crippen LogP contribution is -2.29. The maximum atomic E-state index is 12.7. The van der Waals surface area contributed by atoms with Gasteiger partial charge < -0.3 is 34.8 Å². The molecule has 1 aliphatic rings. The molecular weight excluding hydrogens is 719 g/mol. The predicted molar refractivity (Wildman–Crippen MR) is 206 cm³/mol. The van der Waals surface area contributed by atoms with Gasteiger partial charge in [-0.3, -0.25) is 23.4 Å². The molecule has 0 aromatic heterocycles. The standard InChI is InChI=1S/C40H71O13P/c1-4-5-14-20-32(42)24-25-36-35(37(44)26-38(36)45)21-16-12-13-18-23-40(47)53-34(30-52-54(48,49)51-28-33(43)27-41)29-50-39(46)22-17-11-9-7-6-8-10-15-19-31(2)3/h12,16,24-25,31-36,38,41-43,45H,4-11,13-15,17-23,26-30H2,1-3H3,(H,48,49)/b16-12-,25-24+/t32-,33-,34+,35+,36+,38+/m0/s1. The van der Waals surface area contributed by atoms with E-state index >= 15 is 0 Å². The topological polar surface area (TPSA) is 206 Å². The van der Waals surface area contributed by atoms with Gasteiger partial charge in [0.25, 0.3) is 0 Å². The van der Waals surface area contributed by atoms with E-state index in [1.807, 2.05) is 12.2 Å². The summed E-state index contributed by atoms with van der Waals surface area (Å²) >= 11 is 0. The van der Waals surface area contributed by atoms with Crippen LogP contribution in [0.1, 0.15) is 143 Å². The fourth-order valence-electron chi connectivity index (χ4n) is 6.16. The van der Waals surface area contributed by atoms with E-state index in [-0.39, 0.29) is 31.0 Å². The van der Waals surface area contributed by atoms with E-state index in [0.717, 1.165) is 44.4 Å². The Kier molecular flexibility index (Phi) is 28.0. The number of carbonyl (C=O) groups is 3. The van der Waals surface area contributed by atoms with E-state index in [9.17, 15) is 39.2 Å². The number of ketones is 1. The van der Waals surface area contributed by atoms with E-state index in [4.69, 9.17) is 19.1 Å². The van der Waals surface area contributed by atoms with Crippen molar-refractivity contribution in [1.82, 2.24) is 0 Å². The number of rotatable bonds is 33. The zero-order valence-electron chi connectivity index (χ0n) is 33.1. The van der Waals surface area contributed by atoms with Crippen LogP contribution in [0.5, 0.6) is 0 Å². The predicted octanol–water partition coefficient (Wildman–Crippen LogP) is 6.67. The summed E-state index contributed by atoms with van der Waals surface area (Å²) in [6.45, 7) is 4.20. The van der Waals surface area contributed by atoms with Crippen LogP contribution in [0.2, 0.25) is 0 Å². The lowest BCUT2D eigenvalue weighted by Gasteiger charge is -2.20. The highest BCUT2D eigenvalue weighted by Crippen LogP contribution is 2.43. The van der Waals surface area contributed by atoms with Crippen LogP contribution in [0, 0.1) is 17.8 Å². The Balaban J connectivity index is 2.54. The Morgan fingerprint density at radius 2 is 1.48 bits per heavy atom. The van der Waals surface area contributed by atoms with Gasteiger partial charge in [-0.15, -0.1) is 0 Å². The van der Waals surface area contributed by atoms with Crippen molar-refractivity contribution in [3.05, 3.63) is 24.3 Å². The first-order chi connectivity index (χ1) is 25.8. The second-order valence-corrected chi connectivity index (χ2v) is 16.4. The molecule has 1 rings (SSSR count). The number of carbonyl (C=O) groups excluding carboxylic acids is 3. The SMILES string of the molecule is CCCCC[C@H](O)/C=C/[C@H]1[C@H](O)CC(=O)[C@@H]1C/C=C\CCCC(=O)O[C@H](COC(=O)CCCCCCCCCCC(C)C)COP(=O)(O)OC[C@@H](O)CO. The normalized spacial score (nSPS) is 20.5. The third-order valence-corrected chi connectivity index (χ3v) is 10.4. The molecule has 0 saturated heterocycles. The quantitative estimate of drug-likeness (QED) is 0.0204. The second-order valence-electron chi connectivity index (χ2n) is 14.9. The Bertz CT molecular complexity index is 1130. The fraction of sp³-hybridized carbons (Fsp3) is 0.825. The first-order valence-corrected chi connectivity index (χ1v) is 21.7. The number of phosphoric acid groups is 1. The molecule has 0 amide bonds. The van der Waals surface area contributed by atoms with E-state index in [1.54, 1.807) is 12.2 Å². The molecule has 0 aromatic rings. The maximum Gasteiger partial charge on any atom is 0.472 e. The summed E-state index contributed by atoms with van der Waals surface area (Å²) in [5, 5.41) is 39.0. The van der Waals surface area contributed by atoms with E-state index < -0.39 is 76.5 Å². The molecule has 14 heteroatoms. The van der Waals surface area contributed by atoms with Crippen molar-refractivity contribution in [1.29, 1.82) is 0 Å². The van der Waals surface area contributed by atoms with Crippen molar-refractivity contribution in [2.75, 3.05) is 26.4 Å². The van der Waals surface area contributed by atoms with Crippen molar-refractivity contribution in [2.45, 2.75) is 167 Å². The number of phosphoric ester groups is 1. The summed E-state index contributed by atoms with van der Waals surface area (Å²) in [4.78, 5) is 47.6. The van der Waals surface area contributed by atoms with Crippen LogP contribution in [0.4, 0.5) is 0 Å². The maximum absolute atomic E-state index is 12.7. The largest absolute Gasteiger partial charge is 0.472 e. The van der Waals surface area contributed by atoms with E-state index in [2.05, 4.69) is 25.3 Å². The summed E-state index contributed by atoms with van der Waals surface area (Å²) in [6.07, 6.45) is 18.2. The van der Waals surface area contributed by atoms with Crippen LogP contribution in [0.3, 0.4) is 0 Å². The van der Waals surface area contributed by atoms with E-state index in [0.29, 0.717) is 32.1 Å². The minimum Gasteiger partial charge on any atom is -0.462 e. The zero-order chi connectivity index (χ0) is 40.2. The summed E-state index contributed by atoms with van der Waals surface area (Å²) in [7, 11) is -4.69. The van der Waals surface area contributed by atoms with Gasteiger partial charge in [0.1, 0.15) is 18.5 Å². The zero-order valence-corrected chi connectivity index (χ0v) is 34.0. The van der Waals surface area contributed by atoms with Crippen molar-refractivity contribution >= 4 is 25.5 Å². The minimum absolute atomic E-state index is 0.00908. The number of unbranched alkanes of at least 4 members (excludes halogenated alkanes) is 10. The van der Waals surface area contributed by atoms with Gasteiger partial charge in [-0.1, -0.05) is 116 Å². The van der Waals surface area contributed by atoms with Crippen molar-refractivity contribution in [2.24, 2.45) is 17.8 Å². The lowest BCUT2D eigenvalue weighted by molar-refractivity contribution is -0.161. The summed E-state index contributed by atoms with van der Waals surface area (Å²) in [5.74, 6) is -1.18. The first kappa shape index (κ1) is 50.1. The molecule has 1 saturated carbocycles. The number of hydrogen-bond donors (Lipinski definition) is 5. The highest BCUT2D eigenvalue weighted by molar-refractivity contribution is 7.47. The highest BCUT2D eigenvalue weighted by Gasteiger charge is 2.39. The number of esters is 2. The number of Topliss-reactive ketones (excluding diaryl/α,β-unsaturated/α-hetero) is 1. The minimum atomic E-state index is -4.69. The van der Waals surface area contributed by atoms with Crippen LogP contribution in [0.25, 0.3) is 0 Å². The Labute approximate surface area is 323 Å². The molecular formula is C40H71O13P. The van der Waals surface area contributed by atoms with Gasteiger partial charge in [0.05, 0.1) is 32.0 Å². The summed E-state index contributed by atoms with van der Waals surface area (Å²) < 4.78 is 32.6. The summed E-state index contributed by atoms with van der Waals surface area (Å²) in [6, 6.07) is 0. The Hall–Kier alpha value is -1.96. The molecule has 0 spiro atoms. The highest BCUT2D eigenvalue weighted by atomic mass is 31.2. The molecule has 1 aliphatic carbocycles.